The second-order valence-electron chi connectivity index (χ2n) is 10.3. The van der Waals surface area contributed by atoms with Gasteiger partial charge in [0.25, 0.3) is 0 Å². The molecule has 2 bridgehead atoms. The van der Waals surface area contributed by atoms with Crippen LogP contribution in [0.15, 0.2) is 30.3 Å². The van der Waals surface area contributed by atoms with Crippen LogP contribution >= 0.6 is 7.82 Å². The predicted molar refractivity (Wildman–Crippen MR) is 119 cm³/mol. The first-order chi connectivity index (χ1) is 15.7. The minimum Gasteiger partial charge on any atom is -0.404 e. The number of para-hydroxylation sites is 1. The lowest BCUT2D eigenvalue weighted by Crippen LogP contribution is -2.70. The summed E-state index contributed by atoms with van der Waals surface area (Å²) in [6, 6.07) is 8.51. The van der Waals surface area contributed by atoms with E-state index in [1.165, 1.54) is 0 Å². The zero-order chi connectivity index (χ0) is 23.3. The number of hydrogen-bond acceptors (Lipinski definition) is 7. The van der Waals surface area contributed by atoms with E-state index in [0.29, 0.717) is 30.4 Å². The van der Waals surface area contributed by atoms with E-state index in [0.717, 1.165) is 25.7 Å². The molecule has 1 aliphatic carbocycles. The Balaban J connectivity index is 1.22. The lowest BCUT2D eigenvalue weighted by molar-refractivity contribution is -0.571. The molecule has 1 aromatic carbocycles. The molecule has 1 spiro atoms. The molecule has 1 N–H and O–H groups in total. The van der Waals surface area contributed by atoms with Gasteiger partial charge in [0, 0.05) is 12.3 Å². The molecule has 1 saturated carbocycles. The molecular weight excluding hydrogens is 447 g/mol. The summed E-state index contributed by atoms with van der Waals surface area (Å²) in [7, 11) is -4.17. The van der Waals surface area contributed by atoms with Gasteiger partial charge >= 0.3 is 7.82 Å². The first-order valence-corrected chi connectivity index (χ1v) is 13.6. The van der Waals surface area contributed by atoms with Crippen LogP contribution in [-0.2, 0) is 28.3 Å². The first-order valence-electron chi connectivity index (χ1n) is 12.1. The van der Waals surface area contributed by atoms with Crippen molar-refractivity contribution in [3.63, 3.8) is 0 Å². The normalized spacial score (nSPS) is 43.9. The molecule has 0 radical (unpaired) electrons. The Kier molecular flexibility index (Phi) is 6.40. The molecular formula is C24H35O8P. The summed E-state index contributed by atoms with van der Waals surface area (Å²) in [5.41, 5.74) is -0.565. The maximum atomic E-state index is 12.2. The van der Waals surface area contributed by atoms with Crippen LogP contribution in [0.25, 0.3) is 0 Å². The highest BCUT2D eigenvalue weighted by Gasteiger charge is 2.69. The van der Waals surface area contributed by atoms with E-state index in [1.807, 2.05) is 13.0 Å². The highest BCUT2D eigenvalue weighted by atomic mass is 31.2. The molecule has 0 amide bonds. The van der Waals surface area contributed by atoms with E-state index in [-0.39, 0.29) is 24.5 Å². The van der Waals surface area contributed by atoms with Crippen molar-refractivity contribution in [1.29, 1.82) is 0 Å². The first kappa shape index (κ1) is 23.7. The molecule has 1 aromatic rings. The van der Waals surface area contributed by atoms with Crippen molar-refractivity contribution in [3.05, 3.63) is 30.3 Å². The molecule has 9 heteroatoms. The number of rotatable bonds is 7. The Hall–Kier alpha value is -0.990. The smallest absolute Gasteiger partial charge is 0.404 e. The fraction of sp³-hybridized carbons (Fsp3) is 0.750. The Morgan fingerprint density at radius 3 is 2.70 bits per heavy atom. The van der Waals surface area contributed by atoms with Crippen LogP contribution in [0.2, 0.25) is 0 Å². The summed E-state index contributed by atoms with van der Waals surface area (Å²) in [5.74, 6) is 0.900. The zero-order valence-electron chi connectivity index (χ0n) is 19.6. The number of phosphoric ester groups is 1. The topological polar surface area (TPSA) is 92.7 Å². The average Bonchev–Trinajstić information content (AvgIpc) is 3.01. The molecule has 2 unspecified atom stereocenters. The number of hydrogen-bond donors (Lipinski definition) is 1. The van der Waals surface area contributed by atoms with Gasteiger partial charge in [0.1, 0.15) is 5.75 Å². The molecule has 184 valence electrons. The van der Waals surface area contributed by atoms with E-state index in [1.54, 1.807) is 24.3 Å². The van der Waals surface area contributed by atoms with Gasteiger partial charge in [-0.15, -0.1) is 0 Å². The zero-order valence-corrected chi connectivity index (χ0v) is 20.4. The van der Waals surface area contributed by atoms with E-state index in [2.05, 4.69) is 13.8 Å². The van der Waals surface area contributed by atoms with Crippen LogP contribution in [0.1, 0.15) is 59.3 Å². The summed E-state index contributed by atoms with van der Waals surface area (Å²) < 4.78 is 35.5. The molecule has 5 aliphatic rings. The maximum Gasteiger partial charge on any atom is 0.527 e. The molecule has 4 saturated heterocycles. The van der Waals surface area contributed by atoms with Gasteiger partial charge in [0.15, 0.2) is 11.9 Å². The van der Waals surface area contributed by atoms with Crippen LogP contribution < -0.4 is 4.52 Å². The van der Waals surface area contributed by atoms with Crippen LogP contribution in [-0.4, -0.2) is 35.3 Å². The van der Waals surface area contributed by atoms with Gasteiger partial charge in [-0.3, -0.25) is 9.42 Å². The third kappa shape index (κ3) is 4.40. The van der Waals surface area contributed by atoms with Gasteiger partial charge in [-0.05, 0) is 68.9 Å². The van der Waals surface area contributed by atoms with Crippen LogP contribution in [0.4, 0.5) is 0 Å². The fourth-order valence-corrected chi connectivity index (χ4v) is 7.21. The van der Waals surface area contributed by atoms with E-state index >= 15 is 0 Å². The second kappa shape index (κ2) is 8.90. The van der Waals surface area contributed by atoms with Crippen molar-refractivity contribution in [3.8, 4) is 5.75 Å². The highest BCUT2D eigenvalue weighted by Crippen LogP contribution is 2.60. The Bertz CT molecular complexity index is 882. The molecule has 9 atom stereocenters. The lowest BCUT2D eigenvalue weighted by atomic mass is 9.57. The van der Waals surface area contributed by atoms with Gasteiger partial charge in [-0.25, -0.2) is 14.3 Å². The summed E-state index contributed by atoms with van der Waals surface area (Å²) >= 11 is 0. The largest absolute Gasteiger partial charge is 0.527 e. The molecule has 0 aromatic heterocycles. The standard InChI is InChI=1S/C24H35O8P/c1-16-11-12-20-17(2)21(10-7-15-27-33(25,26)30-18-8-5-4-6-9-18)28-22-24(20)19(16)13-14-23(3,29-22)31-32-24/h4-6,8-9,16-17,19-22H,7,10-15H2,1-3H3,(H,25,26)/t16-,17-,19+,20+,21-,22-,23?,24-/m1/s1. The van der Waals surface area contributed by atoms with Crippen molar-refractivity contribution in [2.45, 2.75) is 83.1 Å². The second-order valence-corrected chi connectivity index (χ2v) is 11.7. The van der Waals surface area contributed by atoms with Gasteiger partial charge < -0.3 is 14.0 Å². The summed E-state index contributed by atoms with van der Waals surface area (Å²) in [6.07, 6.45) is 4.74. The predicted octanol–water partition coefficient (Wildman–Crippen LogP) is 5.21. The number of benzene rings is 1. The third-order valence-electron chi connectivity index (χ3n) is 8.15. The Labute approximate surface area is 195 Å². The molecule has 4 heterocycles. The van der Waals surface area contributed by atoms with Gasteiger partial charge in [0.05, 0.1) is 12.7 Å². The minimum atomic E-state index is -4.17. The van der Waals surface area contributed by atoms with Crippen molar-refractivity contribution in [2.75, 3.05) is 6.61 Å². The Morgan fingerprint density at radius 1 is 1.12 bits per heavy atom. The summed E-state index contributed by atoms with van der Waals surface area (Å²) in [6.45, 7) is 6.54. The molecule has 33 heavy (non-hydrogen) atoms. The van der Waals surface area contributed by atoms with E-state index in [9.17, 15) is 9.46 Å². The molecule has 6 rings (SSSR count). The van der Waals surface area contributed by atoms with Crippen molar-refractivity contribution in [1.82, 2.24) is 0 Å². The molecule has 8 nitrogen and oxygen atoms in total. The van der Waals surface area contributed by atoms with Gasteiger partial charge in [0.2, 0.25) is 5.79 Å². The summed E-state index contributed by atoms with van der Waals surface area (Å²) in [5, 5.41) is 0. The monoisotopic (exact) mass is 482 g/mol. The number of phosphoric acid groups is 1. The van der Waals surface area contributed by atoms with Gasteiger partial charge in [-0.1, -0.05) is 32.0 Å². The highest BCUT2D eigenvalue weighted by molar-refractivity contribution is 7.47. The van der Waals surface area contributed by atoms with Crippen molar-refractivity contribution >= 4 is 7.82 Å². The number of fused-ring (bicyclic) bond motifs is 2. The van der Waals surface area contributed by atoms with Gasteiger partial charge in [-0.2, -0.15) is 0 Å². The van der Waals surface area contributed by atoms with Crippen LogP contribution in [0, 0.1) is 23.7 Å². The fourth-order valence-electron chi connectivity index (χ4n) is 6.41. The quantitative estimate of drug-likeness (QED) is 0.322. The van der Waals surface area contributed by atoms with Crippen molar-refractivity contribution in [2.24, 2.45) is 23.7 Å². The Morgan fingerprint density at radius 2 is 1.91 bits per heavy atom. The third-order valence-corrected chi connectivity index (χ3v) is 9.10. The van der Waals surface area contributed by atoms with Crippen LogP contribution in [0.5, 0.6) is 5.75 Å². The SMILES string of the molecule is C[C@H]1[C@@H](CCCOP(=O)(O)Oc2ccccc2)O[C@@H]2OC3(C)CC[C@H]4[C@H](C)CC[C@@H]1[C@@]24OO3. The lowest BCUT2D eigenvalue weighted by Gasteiger charge is -2.60. The molecule has 5 fully saturated rings. The average molecular weight is 483 g/mol. The molecule has 4 aliphatic heterocycles. The number of ether oxygens (including phenoxy) is 2. The van der Waals surface area contributed by atoms with Crippen LogP contribution in [0.3, 0.4) is 0 Å². The van der Waals surface area contributed by atoms with Crippen molar-refractivity contribution < 1.29 is 37.8 Å². The van der Waals surface area contributed by atoms with E-state index in [4.69, 9.17) is 28.3 Å². The summed E-state index contributed by atoms with van der Waals surface area (Å²) in [4.78, 5) is 22.0. The maximum absolute atomic E-state index is 12.2. The van der Waals surface area contributed by atoms with E-state index < -0.39 is 25.5 Å². The minimum absolute atomic E-state index is 0.0528.